The van der Waals surface area contributed by atoms with Crippen LogP contribution in [0, 0.1) is 5.92 Å². The van der Waals surface area contributed by atoms with Crippen molar-refractivity contribution in [3.8, 4) is 0 Å². The molecule has 90 valence electrons. The maximum atomic E-state index is 6.30. The zero-order valence-electron chi connectivity index (χ0n) is 10.8. The standard InChI is InChI=1S/C12H27N3/c1-12(13,11-6-7-11)10-15(4)9-5-8-14(2)3/h11H,5-10,13H2,1-4H3. The molecule has 1 aliphatic carbocycles. The summed E-state index contributed by atoms with van der Waals surface area (Å²) >= 11 is 0. The molecule has 1 rings (SSSR count). The van der Waals surface area contributed by atoms with Crippen LogP contribution in [0.4, 0.5) is 0 Å². The van der Waals surface area contributed by atoms with Crippen molar-refractivity contribution in [1.82, 2.24) is 9.80 Å². The SMILES string of the molecule is CN(C)CCCN(C)CC(C)(N)C1CC1. The molecule has 1 fully saturated rings. The summed E-state index contributed by atoms with van der Waals surface area (Å²) in [5.41, 5.74) is 6.34. The second kappa shape index (κ2) is 5.28. The van der Waals surface area contributed by atoms with Crippen molar-refractivity contribution in [3.63, 3.8) is 0 Å². The monoisotopic (exact) mass is 213 g/mol. The van der Waals surface area contributed by atoms with E-state index in [0.29, 0.717) is 0 Å². The van der Waals surface area contributed by atoms with Crippen LogP contribution in [0.5, 0.6) is 0 Å². The maximum absolute atomic E-state index is 6.30. The van der Waals surface area contributed by atoms with Crippen molar-refractivity contribution in [1.29, 1.82) is 0 Å². The largest absolute Gasteiger partial charge is 0.324 e. The molecule has 0 aliphatic heterocycles. The molecule has 1 saturated carbocycles. The topological polar surface area (TPSA) is 32.5 Å². The Morgan fingerprint density at radius 2 is 1.80 bits per heavy atom. The van der Waals surface area contributed by atoms with E-state index < -0.39 is 0 Å². The first-order chi connectivity index (χ1) is 6.92. The third kappa shape index (κ3) is 4.96. The molecule has 0 saturated heterocycles. The van der Waals surface area contributed by atoms with Gasteiger partial charge in [0.05, 0.1) is 0 Å². The van der Waals surface area contributed by atoms with Gasteiger partial charge in [0.2, 0.25) is 0 Å². The van der Waals surface area contributed by atoms with E-state index in [-0.39, 0.29) is 5.54 Å². The normalized spacial score (nSPS) is 21.0. The fourth-order valence-electron chi connectivity index (χ4n) is 2.19. The van der Waals surface area contributed by atoms with Crippen molar-refractivity contribution in [2.45, 2.75) is 31.7 Å². The summed E-state index contributed by atoms with van der Waals surface area (Å²) in [6.07, 6.45) is 3.89. The van der Waals surface area contributed by atoms with Crippen molar-refractivity contribution in [2.75, 3.05) is 40.8 Å². The quantitative estimate of drug-likeness (QED) is 0.685. The zero-order chi connectivity index (χ0) is 11.5. The Bertz CT molecular complexity index is 185. The highest BCUT2D eigenvalue weighted by Gasteiger charge is 2.38. The summed E-state index contributed by atoms with van der Waals surface area (Å²) in [5.74, 6) is 0.772. The van der Waals surface area contributed by atoms with Gasteiger partial charge in [0.25, 0.3) is 0 Å². The van der Waals surface area contributed by atoms with Crippen LogP contribution in [0.1, 0.15) is 26.2 Å². The number of hydrogen-bond donors (Lipinski definition) is 1. The number of nitrogens with two attached hydrogens (primary N) is 1. The van der Waals surface area contributed by atoms with Gasteiger partial charge in [-0.15, -0.1) is 0 Å². The lowest BCUT2D eigenvalue weighted by molar-refractivity contribution is 0.228. The minimum atomic E-state index is 0.0346. The maximum Gasteiger partial charge on any atom is 0.0283 e. The van der Waals surface area contributed by atoms with Crippen LogP contribution in [-0.2, 0) is 0 Å². The molecule has 0 aromatic heterocycles. The molecule has 0 bridgehead atoms. The average molecular weight is 213 g/mol. The van der Waals surface area contributed by atoms with Gasteiger partial charge in [-0.05, 0) is 66.3 Å². The van der Waals surface area contributed by atoms with E-state index in [1.165, 1.54) is 19.3 Å². The highest BCUT2D eigenvalue weighted by molar-refractivity contribution is 4.96. The summed E-state index contributed by atoms with van der Waals surface area (Å²) in [6.45, 7) is 5.55. The van der Waals surface area contributed by atoms with E-state index in [1.54, 1.807) is 0 Å². The van der Waals surface area contributed by atoms with E-state index in [9.17, 15) is 0 Å². The average Bonchev–Trinajstić information content (AvgIpc) is 2.83. The minimum absolute atomic E-state index is 0.0346. The Kier molecular flexibility index (Phi) is 4.56. The van der Waals surface area contributed by atoms with E-state index in [1.807, 2.05) is 0 Å². The predicted molar refractivity (Wildman–Crippen MR) is 66.0 cm³/mol. The smallest absolute Gasteiger partial charge is 0.0283 e. The van der Waals surface area contributed by atoms with Crippen LogP contribution < -0.4 is 5.73 Å². The van der Waals surface area contributed by atoms with Gasteiger partial charge in [-0.3, -0.25) is 0 Å². The Labute approximate surface area is 94.6 Å². The first-order valence-electron chi connectivity index (χ1n) is 6.04. The van der Waals surface area contributed by atoms with E-state index in [2.05, 4.69) is 37.9 Å². The van der Waals surface area contributed by atoms with Crippen LogP contribution in [0.15, 0.2) is 0 Å². The molecule has 15 heavy (non-hydrogen) atoms. The molecule has 0 heterocycles. The molecular weight excluding hydrogens is 186 g/mol. The molecule has 0 aromatic rings. The number of rotatable bonds is 7. The second-order valence-corrected chi connectivity index (χ2v) is 5.67. The first-order valence-corrected chi connectivity index (χ1v) is 6.04. The number of nitrogens with zero attached hydrogens (tertiary/aromatic N) is 2. The molecule has 0 aromatic carbocycles. The lowest BCUT2D eigenvalue weighted by atomic mass is 9.97. The van der Waals surface area contributed by atoms with Gasteiger partial charge in [-0.25, -0.2) is 0 Å². The van der Waals surface area contributed by atoms with E-state index in [0.717, 1.165) is 25.6 Å². The molecule has 0 radical (unpaired) electrons. The van der Waals surface area contributed by atoms with Gasteiger partial charge in [0.15, 0.2) is 0 Å². The van der Waals surface area contributed by atoms with Gasteiger partial charge in [-0.2, -0.15) is 0 Å². The first kappa shape index (κ1) is 12.9. The highest BCUT2D eigenvalue weighted by Crippen LogP contribution is 2.38. The number of likely N-dealkylation sites (N-methyl/N-ethyl adjacent to an activating group) is 1. The Balaban J connectivity index is 2.14. The number of hydrogen-bond acceptors (Lipinski definition) is 3. The Morgan fingerprint density at radius 1 is 1.20 bits per heavy atom. The van der Waals surface area contributed by atoms with Gasteiger partial charge >= 0.3 is 0 Å². The summed E-state index contributed by atoms with van der Waals surface area (Å²) in [5, 5.41) is 0. The van der Waals surface area contributed by atoms with Crippen molar-refractivity contribution in [3.05, 3.63) is 0 Å². The van der Waals surface area contributed by atoms with Gasteiger partial charge < -0.3 is 15.5 Å². The van der Waals surface area contributed by atoms with Crippen LogP contribution in [0.25, 0.3) is 0 Å². The fraction of sp³-hybridized carbons (Fsp3) is 1.00. The van der Waals surface area contributed by atoms with Crippen molar-refractivity contribution < 1.29 is 0 Å². The van der Waals surface area contributed by atoms with Crippen LogP contribution in [0.3, 0.4) is 0 Å². The Morgan fingerprint density at radius 3 is 2.27 bits per heavy atom. The molecule has 1 atom stereocenters. The summed E-state index contributed by atoms with van der Waals surface area (Å²) < 4.78 is 0. The molecule has 1 unspecified atom stereocenters. The molecule has 2 N–H and O–H groups in total. The second-order valence-electron chi connectivity index (χ2n) is 5.67. The molecule has 0 amide bonds. The van der Waals surface area contributed by atoms with Crippen LogP contribution in [-0.4, -0.2) is 56.1 Å². The van der Waals surface area contributed by atoms with E-state index in [4.69, 9.17) is 5.73 Å². The third-order valence-corrected chi connectivity index (χ3v) is 3.27. The summed E-state index contributed by atoms with van der Waals surface area (Å²) in [7, 11) is 6.43. The minimum Gasteiger partial charge on any atom is -0.324 e. The van der Waals surface area contributed by atoms with Gasteiger partial charge in [0, 0.05) is 12.1 Å². The molecule has 3 nitrogen and oxygen atoms in total. The third-order valence-electron chi connectivity index (χ3n) is 3.27. The molecule has 0 spiro atoms. The molecule has 3 heteroatoms. The summed E-state index contributed by atoms with van der Waals surface area (Å²) in [6, 6.07) is 0. The molecule has 1 aliphatic rings. The van der Waals surface area contributed by atoms with Gasteiger partial charge in [0.1, 0.15) is 0 Å². The van der Waals surface area contributed by atoms with Crippen LogP contribution in [0.2, 0.25) is 0 Å². The highest BCUT2D eigenvalue weighted by atomic mass is 15.1. The van der Waals surface area contributed by atoms with Gasteiger partial charge in [-0.1, -0.05) is 0 Å². The lowest BCUT2D eigenvalue weighted by Crippen LogP contribution is -2.48. The fourth-order valence-corrected chi connectivity index (χ4v) is 2.19. The summed E-state index contributed by atoms with van der Waals surface area (Å²) in [4.78, 5) is 4.61. The van der Waals surface area contributed by atoms with E-state index >= 15 is 0 Å². The van der Waals surface area contributed by atoms with Crippen molar-refractivity contribution >= 4 is 0 Å². The lowest BCUT2D eigenvalue weighted by Gasteiger charge is -2.30. The Hall–Kier alpha value is -0.120. The zero-order valence-corrected chi connectivity index (χ0v) is 10.8. The van der Waals surface area contributed by atoms with Crippen molar-refractivity contribution in [2.24, 2.45) is 11.7 Å². The van der Waals surface area contributed by atoms with Crippen LogP contribution >= 0.6 is 0 Å². The predicted octanol–water partition coefficient (Wildman–Crippen LogP) is 0.997. The molecular formula is C12H27N3.